The van der Waals surface area contributed by atoms with Crippen LogP contribution < -0.4 is 14.2 Å². The second-order valence-corrected chi connectivity index (χ2v) is 4.69. The fourth-order valence-corrected chi connectivity index (χ4v) is 2.06. The molecule has 0 radical (unpaired) electrons. The number of benzene rings is 2. The first-order valence-electron chi connectivity index (χ1n) is 6.53. The van der Waals surface area contributed by atoms with Crippen LogP contribution in [0.2, 0.25) is 0 Å². The lowest BCUT2D eigenvalue weighted by Gasteiger charge is -2.07. The van der Waals surface area contributed by atoms with Crippen LogP contribution in [0.4, 0.5) is 0 Å². The van der Waals surface area contributed by atoms with Crippen molar-refractivity contribution in [3.63, 3.8) is 0 Å². The Balaban J connectivity index is 1.61. The van der Waals surface area contributed by atoms with Gasteiger partial charge in [0.2, 0.25) is 6.79 Å². The summed E-state index contributed by atoms with van der Waals surface area (Å²) in [5.41, 5.74) is 1.75. The summed E-state index contributed by atoms with van der Waals surface area (Å²) in [6.45, 7) is 0.650. The third kappa shape index (κ3) is 3.25. The lowest BCUT2D eigenvalue weighted by atomic mass is 10.1. The van der Waals surface area contributed by atoms with Crippen LogP contribution in [0, 0.1) is 0 Å². The highest BCUT2D eigenvalue weighted by Crippen LogP contribution is 2.35. The predicted octanol–water partition coefficient (Wildman–Crippen LogP) is 2.62. The summed E-state index contributed by atoms with van der Waals surface area (Å²) in [5.74, 6) is 1.28. The molecule has 0 atom stereocenters. The van der Waals surface area contributed by atoms with Crippen molar-refractivity contribution >= 4 is 5.97 Å². The Hall–Kier alpha value is -2.69. The van der Waals surface area contributed by atoms with Crippen LogP contribution in [-0.4, -0.2) is 17.9 Å². The molecule has 21 heavy (non-hydrogen) atoms. The SMILES string of the molecule is O=C(O)Cc1ccc(COc2ccc3c(c2)OCO3)cc1. The fraction of sp³-hybridized carbons (Fsp3) is 0.188. The number of hydrogen-bond acceptors (Lipinski definition) is 4. The molecule has 0 amide bonds. The molecule has 5 nitrogen and oxygen atoms in total. The van der Waals surface area contributed by atoms with Gasteiger partial charge >= 0.3 is 5.97 Å². The van der Waals surface area contributed by atoms with Crippen molar-refractivity contribution in [3.8, 4) is 17.2 Å². The third-order valence-electron chi connectivity index (χ3n) is 3.13. The maximum atomic E-state index is 10.6. The van der Waals surface area contributed by atoms with E-state index < -0.39 is 5.97 Å². The van der Waals surface area contributed by atoms with Gasteiger partial charge in [-0.25, -0.2) is 0 Å². The lowest BCUT2D eigenvalue weighted by Crippen LogP contribution is -2.00. The van der Waals surface area contributed by atoms with Gasteiger partial charge in [-0.05, 0) is 23.3 Å². The molecule has 0 bridgehead atoms. The molecule has 1 aliphatic heterocycles. The van der Waals surface area contributed by atoms with Gasteiger partial charge in [0.1, 0.15) is 12.4 Å². The lowest BCUT2D eigenvalue weighted by molar-refractivity contribution is -0.136. The van der Waals surface area contributed by atoms with Crippen LogP contribution in [0.3, 0.4) is 0 Å². The van der Waals surface area contributed by atoms with E-state index in [1.54, 1.807) is 18.2 Å². The van der Waals surface area contributed by atoms with Gasteiger partial charge in [-0.1, -0.05) is 24.3 Å². The number of carbonyl (C=O) groups is 1. The minimum atomic E-state index is -0.834. The molecule has 0 aromatic heterocycles. The fourth-order valence-electron chi connectivity index (χ4n) is 2.06. The van der Waals surface area contributed by atoms with E-state index in [9.17, 15) is 4.79 Å². The molecular formula is C16H14O5. The van der Waals surface area contributed by atoms with Crippen LogP contribution >= 0.6 is 0 Å². The van der Waals surface area contributed by atoms with Crippen LogP contribution in [0.5, 0.6) is 17.2 Å². The number of carboxylic acid groups (broad SMARTS) is 1. The number of carboxylic acids is 1. The van der Waals surface area contributed by atoms with Crippen molar-refractivity contribution in [1.82, 2.24) is 0 Å². The number of aliphatic carboxylic acids is 1. The Bertz CT molecular complexity index is 648. The summed E-state index contributed by atoms with van der Waals surface area (Å²) < 4.78 is 16.2. The molecule has 3 rings (SSSR count). The van der Waals surface area contributed by atoms with E-state index in [4.69, 9.17) is 19.3 Å². The molecular weight excluding hydrogens is 272 g/mol. The second kappa shape index (κ2) is 5.75. The molecule has 0 saturated carbocycles. The van der Waals surface area contributed by atoms with Crippen molar-refractivity contribution in [2.75, 3.05) is 6.79 Å². The zero-order valence-electron chi connectivity index (χ0n) is 11.2. The van der Waals surface area contributed by atoms with Gasteiger partial charge in [0.05, 0.1) is 6.42 Å². The molecule has 1 aliphatic rings. The average Bonchev–Trinajstić information content (AvgIpc) is 2.93. The predicted molar refractivity (Wildman–Crippen MR) is 74.7 cm³/mol. The minimum Gasteiger partial charge on any atom is -0.489 e. The van der Waals surface area contributed by atoms with Crippen molar-refractivity contribution in [3.05, 3.63) is 53.6 Å². The molecule has 1 N–H and O–H groups in total. The normalized spacial score (nSPS) is 12.2. The minimum absolute atomic E-state index is 0.0310. The summed E-state index contributed by atoms with van der Waals surface area (Å²) in [6.07, 6.45) is 0.0310. The number of rotatable bonds is 5. The third-order valence-corrected chi connectivity index (χ3v) is 3.13. The standard InChI is InChI=1S/C16H14O5/c17-16(18)7-11-1-3-12(4-2-11)9-19-13-5-6-14-15(8-13)21-10-20-14/h1-6,8H,7,9-10H2,(H,17,18). The Morgan fingerprint density at radius 3 is 2.52 bits per heavy atom. The van der Waals surface area contributed by atoms with Gasteiger partial charge in [0.15, 0.2) is 11.5 Å². The van der Waals surface area contributed by atoms with Gasteiger partial charge in [-0.3, -0.25) is 4.79 Å². The van der Waals surface area contributed by atoms with Gasteiger partial charge < -0.3 is 19.3 Å². The monoisotopic (exact) mass is 286 g/mol. The Morgan fingerprint density at radius 2 is 1.76 bits per heavy atom. The maximum absolute atomic E-state index is 10.6. The summed E-state index contributed by atoms with van der Waals surface area (Å²) >= 11 is 0. The topological polar surface area (TPSA) is 65.0 Å². The van der Waals surface area contributed by atoms with Crippen molar-refractivity contribution < 1.29 is 24.1 Å². The number of ether oxygens (including phenoxy) is 3. The smallest absolute Gasteiger partial charge is 0.307 e. The largest absolute Gasteiger partial charge is 0.489 e. The van der Waals surface area contributed by atoms with Gasteiger partial charge in [0, 0.05) is 6.07 Å². The van der Waals surface area contributed by atoms with Crippen LogP contribution in [0.25, 0.3) is 0 Å². The van der Waals surface area contributed by atoms with E-state index in [1.165, 1.54) is 0 Å². The zero-order chi connectivity index (χ0) is 14.7. The molecule has 5 heteroatoms. The van der Waals surface area contributed by atoms with E-state index in [0.717, 1.165) is 16.9 Å². The highest BCUT2D eigenvalue weighted by molar-refractivity contribution is 5.70. The highest BCUT2D eigenvalue weighted by atomic mass is 16.7. The molecule has 2 aromatic rings. The maximum Gasteiger partial charge on any atom is 0.307 e. The summed E-state index contributed by atoms with van der Waals surface area (Å²) in [7, 11) is 0. The van der Waals surface area contributed by atoms with E-state index >= 15 is 0 Å². The van der Waals surface area contributed by atoms with Gasteiger partial charge in [-0.15, -0.1) is 0 Å². The van der Waals surface area contributed by atoms with Crippen molar-refractivity contribution in [2.24, 2.45) is 0 Å². The van der Waals surface area contributed by atoms with Crippen LogP contribution in [-0.2, 0) is 17.8 Å². The quantitative estimate of drug-likeness (QED) is 0.915. The first kappa shape index (κ1) is 13.3. The number of hydrogen-bond donors (Lipinski definition) is 1. The molecule has 0 spiro atoms. The Labute approximate surface area is 121 Å². The highest BCUT2D eigenvalue weighted by Gasteiger charge is 2.13. The van der Waals surface area contributed by atoms with Gasteiger partial charge in [-0.2, -0.15) is 0 Å². The molecule has 108 valence electrons. The Kier molecular flexibility index (Phi) is 3.64. The summed E-state index contributed by atoms with van der Waals surface area (Å²) in [6, 6.07) is 12.8. The molecule has 0 aliphatic carbocycles. The molecule has 1 heterocycles. The second-order valence-electron chi connectivity index (χ2n) is 4.69. The zero-order valence-corrected chi connectivity index (χ0v) is 11.2. The summed E-state index contributed by atoms with van der Waals surface area (Å²) in [4.78, 5) is 10.6. The van der Waals surface area contributed by atoms with E-state index in [-0.39, 0.29) is 13.2 Å². The van der Waals surface area contributed by atoms with E-state index in [0.29, 0.717) is 18.1 Å². The van der Waals surface area contributed by atoms with Crippen molar-refractivity contribution in [1.29, 1.82) is 0 Å². The molecule has 0 unspecified atom stereocenters. The summed E-state index contributed by atoms with van der Waals surface area (Å²) in [5, 5.41) is 8.72. The molecule has 0 saturated heterocycles. The average molecular weight is 286 g/mol. The first-order valence-corrected chi connectivity index (χ1v) is 6.53. The van der Waals surface area contributed by atoms with Crippen molar-refractivity contribution in [2.45, 2.75) is 13.0 Å². The van der Waals surface area contributed by atoms with Crippen LogP contribution in [0.1, 0.15) is 11.1 Å². The van der Waals surface area contributed by atoms with Gasteiger partial charge in [0.25, 0.3) is 0 Å². The Morgan fingerprint density at radius 1 is 1.05 bits per heavy atom. The molecule has 0 fully saturated rings. The van der Waals surface area contributed by atoms with Crippen LogP contribution in [0.15, 0.2) is 42.5 Å². The van der Waals surface area contributed by atoms with E-state index in [2.05, 4.69) is 0 Å². The molecule has 2 aromatic carbocycles. The first-order chi connectivity index (χ1) is 10.2. The van der Waals surface area contributed by atoms with E-state index in [1.807, 2.05) is 24.3 Å². The number of fused-ring (bicyclic) bond motifs is 1.